The largest absolute Gasteiger partial charge is 0.481 e. The molecule has 0 aromatic carbocycles. The molecule has 0 spiro atoms. The monoisotopic (exact) mass is 431 g/mol. The van der Waals surface area contributed by atoms with Gasteiger partial charge in [0.05, 0.1) is 18.9 Å². The second-order valence-corrected chi connectivity index (χ2v) is 11.7. The minimum atomic E-state index is -0.872. The van der Waals surface area contributed by atoms with Crippen molar-refractivity contribution < 1.29 is 24.2 Å². The van der Waals surface area contributed by atoms with E-state index in [4.69, 9.17) is 4.74 Å². The van der Waals surface area contributed by atoms with Crippen LogP contribution in [-0.4, -0.2) is 46.9 Å². The molecule has 31 heavy (non-hydrogen) atoms. The Kier molecular flexibility index (Phi) is 5.10. The molecule has 6 heteroatoms. The molecule has 3 aliphatic carbocycles. The lowest BCUT2D eigenvalue weighted by molar-refractivity contribution is -0.164. The van der Waals surface area contributed by atoms with Gasteiger partial charge in [-0.1, -0.05) is 13.8 Å². The van der Waals surface area contributed by atoms with Crippen molar-refractivity contribution in [1.29, 1.82) is 0 Å². The number of nitrogens with zero attached hydrogens (tertiary/aromatic N) is 1. The fourth-order valence-corrected chi connectivity index (χ4v) is 7.88. The Balaban J connectivity index is 1.82. The van der Waals surface area contributed by atoms with Gasteiger partial charge in [-0.25, -0.2) is 0 Å². The number of ether oxygens (including phenoxy) is 1. The molecule has 1 unspecified atom stereocenters. The van der Waals surface area contributed by atoms with Crippen LogP contribution in [0.2, 0.25) is 0 Å². The second kappa shape index (κ2) is 7.08. The molecular formula is C25H37NO5. The van der Waals surface area contributed by atoms with Gasteiger partial charge in [0.1, 0.15) is 0 Å². The highest BCUT2D eigenvalue weighted by Gasteiger charge is 2.65. The molecule has 0 radical (unpaired) electrons. The van der Waals surface area contributed by atoms with Crippen LogP contribution in [0, 0.1) is 40.4 Å². The Morgan fingerprint density at radius 3 is 2.39 bits per heavy atom. The van der Waals surface area contributed by atoms with E-state index in [2.05, 4.69) is 39.5 Å². The van der Waals surface area contributed by atoms with Crippen molar-refractivity contribution in [3.8, 4) is 0 Å². The Bertz CT molecular complexity index is 841. The first-order valence-corrected chi connectivity index (χ1v) is 11.7. The number of aliphatic carboxylic acids is 1. The lowest BCUT2D eigenvalue weighted by atomic mass is 9.47. The number of hydrogen-bond acceptors (Lipinski definition) is 5. The number of piperidine rings is 1. The van der Waals surface area contributed by atoms with Crippen LogP contribution < -0.4 is 0 Å². The summed E-state index contributed by atoms with van der Waals surface area (Å²) in [6, 6.07) is 0. The average Bonchev–Trinajstić information content (AvgIpc) is 3.03. The van der Waals surface area contributed by atoms with Crippen LogP contribution in [0.3, 0.4) is 0 Å². The summed E-state index contributed by atoms with van der Waals surface area (Å²) in [5.41, 5.74) is -0.0115. The van der Waals surface area contributed by atoms with Crippen molar-refractivity contribution >= 4 is 17.7 Å². The summed E-state index contributed by atoms with van der Waals surface area (Å²) in [5.74, 6) is -1.01. The van der Waals surface area contributed by atoms with Crippen molar-refractivity contribution in [2.24, 2.45) is 40.4 Å². The molecule has 1 saturated heterocycles. The number of carboxylic acid groups (broad SMARTS) is 1. The summed E-state index contributed by atoms with van der Waals surface area (Å²) >= 11 is 0. The molecule has 7 atom stereocenters. The zero-order chi connectivity index (χ0) is 22.9. The standard InChI is InChI=1S/C25H37NO5/c1-23(2,3)26-13-15-16-7-8-18(22(30)31-6)24(16,4)10-9-17(15)25(5)19(21(28)29)11-14(27)12-20(25)26/h12,15-19H,7-11,13H2,1-6H3,(H,28,29)/t15-,16-,17-,18+,19?,24-,25-/m0/s1. The topological polar surface area (TPSA) is 83.9 Å². The first kappa shape index (κ1) is 22.3. The van der Waals surface area contributed by atoms with Gasteiger partial charge in [-0.2, -0.15) is 0 Å². The molecule has 0 bridgehead atoms. The third kappa shape index (κ3) is 3.07. The summed E-state index contributed by atoms with van der Waals surface area (Å²) in [4.78, 5) is 39.9. The van der Waals surface area contributed by atoms with Crippen LogP contribution in [0.25, 0.3) is 0 Å². The zero-order valence-corrected chi connectivity index (χ0v) is 19.7. The SMILES string of the molecule is COC(=O)[C@H]1CC[C@H]2[C@@H]3CN(C(C)(C)C)C4=CC(=O)CC(C(=O)O)[C@]4(C)[C@H]3CC[C@]12C. The van der Waals surface area contributed by atoms with E-state index in [-0.39, 0.29) is 41.0 Å². The lowest BCUT2D eigenvalue weighted by Gasteiger charge is -2.64. The molecule has 0 aromatic heterocycles. The average molecular weight is 432 g/mol. The van der Waals surface area contributed by atoms with Crippen LogP contribution in [-0.2, 0) is 19.1 Å². The fraction of sp³-hybridized carbons (Fsp3) is 0.800. The van der Waals surface area contributed by atoms with Crippen molar-refractivity contribution in [2.45, 2.75) is 72.3 Å². The molecule has 0 aromatic rings. The van der Waals surface area contributed by atoms with Gasteiger partial charge in [-0.05, 0) is 69.6 Å². The zero-order valence-electron chi connectivity index (χ0n) is 19.7. The summed E-state index contributed by atoms with van der Waals surface area (Å²) in [6.45, 7) is 11.6. The van der Waals surface area contributed by atoms with Gasteiger partial charge in [0.2, 0.25) is 0 Å². The Morgan fingerprint density at radius 1 is 1.13 bits per heavy atom. The van der Waals surface area contributed by atoms with E-state index in [0.29, 0.717) is 11.8 Å². The summed E-state index contributed by atoms with van der Waals surface area (Å²) in [6.07, 6.45) is 5.41. The molecule has 1 N–H and O–H groups in total. The number of esters is 1. The quantitative estimate of drug-likeness (QED) is 0.668. The van der Waals surface area contributed by atoms with E-state index in [1.165, 1.54) is 7.11 Å². The molecule has 6 nitrogen and oxygen atoms in total. The van der Waals surface area contributed by atoms with Crippen molar-refractivity contribution in [3.63, 3.8) is 0 Å². The molecule has 2 saturated carbocycles. The smallest absolute Gasteiger partial charge is 0.309 e. The van der Waals surface area contributed by atoms with Crippen LogP contribution >= 0.6 is 0 Å². The third-order valence-electron chi connectivity index (χ3n) is 9.46. The van der Waals surface area contributed by atoms with Gasteiger partial charge >= 0.3 is 11.9 Å². The maximum Gasteiger partial charge on any atom is 0.309 e. The number of allylic oxidation sites excluding steroid dienone is 2. The lowest BCUT2D eigenvalue weighted by Crippen LogP contribution is -2.64. The van der Waals surface area contributed by atoms with Gasteiger partial charge in [0.25, 0.3) is 0 Å². The number of ketones is 1. The number of carboxylic acids is 1. The Labute approximate surface area is 185 Å². The molecule has 172 valence electrons. The molecule has 3 fully saturated rings. The maximum atomic E-state index is 12.6. The Hall–Kier alpha value is -1.85. The number of likely N-dealkylation sites (tertiary alicyclic amines) is 1. The fourth-order valence-electron chi connectivity index (χ4n) is 7.88. The van der Waals surface area contributed by atoms with E-state index in [1.54, 1.807) is 6.08 Å². The third-order valence-corrected chi connectivity index (χ3v) is 9.46. The van der Waals surface area contributed by atoms with Crippen molar-refractivity contribution in [2.75, 3.05) is 13.7 Å². The van der Waals surface area contributed by atoms with Crippen LogP contribution in [0.1, 0.15) is 66.7 Å². The van der Waals surface area contributed by atoms with E-state index < -0.39 is 17.3 Å². The first-order chi connectivity index (χ1) is 14.4. The van der Waals surface area contributed by atoms with E-state index in [9.17, 15) is 19.5 Å². The predicted octanol–water partition coefficient (Wildman–Crippen LogP) is 3.90. The van der Waals surface area contributed by atoms with Crippen LogP contribution in [0.4, 0.5) is 0 Å². The number of hydrogen-bond donors (Lipinski definition) is 1. The minimum Gasteiger partial charge on any atom is -0.481 e. The predicted molar refractivity (Wildman–Crippen MR) is 116 cm³/mol. The highest BCUT2D eigenvalue weighted by Crippen LogP contribution is 2.67. The Morgan fingerprint density at radius 2 is 1.81 bits per heavy atom. The van der Waals surface area contributed by atoms with Crippen LogP contribution in [0.15, 0.2) is 11.8 Å². The summed E-state index contributed by atoms with van der Waals surface area (Å²) < 4.78 is 5.15. The number of carbonyl (C=O) groups is 3. The molecule has 4 rings (SSSR count). The maximum absolute atomic E-state index is 12.6. The van der Waals surface area contributed by atoms with Gasteiger partial charge in [0.15, 0.2) is 5.78 Å². The minimum absolute atomic E-state index is 0.0727. The van der Waals surface area contributed by atoms with Gasteiger partial charge in [-0.3, -0.25) is 14.4 Å². The van der Waals surface area contributed by atoms with E-state index >= 15 is 0 Å². The van der Waals surface area contributed by atoms with E-state index in [0.717, 1.165) is 37.9 Å². The number of fused-ring (bicyclic) bond motifs is 5. The highest BCUT2D eigenvalue weighted by molar-refractivity contribution is 5.95. The number of methoxy groups -OCH3 is 1. The summed E-state index contributed by atoms with van der Waals surface area (Å²) in [7, 11) is 1.47. The molecule has 1 aliphatic heterocycles. The van der Waals surface area contributed by atoms with Gasteiger partial charge < -0.3 is 14.7 Å². The van der Waals surface area contributed by atoms with Crippen molar-refractivity contribution in [3.05, 3.63) is 11.8 Å². The van der Waals surface area contributed by atoms with Gasteiger partial charge in [-0.15, -0.1) is 0 Å². The molecule has 0 amide bonds. The second-order valence-electron chi connectivity index (χ2n) is 11.7. The van der Waals surface area contributed by atoms with Crippen LogP contribution in [0.5, 0.6) is 0 Å². The molecular weight excluding hydrogens is 394 g/mol. The van der Waals surface area contributed by atoms with Crippen molar-refractivity contribution in [1.82, 2.24) is 4.90 Å². The molecule has 4 aliphatic rings. The normalized spacial score (nSPS) is 42.3. The summed E-state index contributed by atoms with van der Waals surface area (Å²) in [5, 5.41) is 10.2. The van der Waals surface area contributed by atoms with Gasteiger partial charge in [0, 0.05) is 35.7 Å². The highest BCUT2D eigenvalue weighted by atomic mass is 16.5. The number of carbonyl (C=O) groups excluding carboxylic acids is 2. The molecule has 1 heterocycles. The first-order valence-electron chi connectivity index (χ1n) is 11.7. The van der Waals surface area contributed by atoms with E-state index in [1.807, 2.05) is 0 Å². The number of rotatable bonds is 2.